The molecule has 0 radical (unpaired) electrons. The molecule has 1 unspecified atom stereocenters. The Hall–Kier alpha value is -3.88. The molecule has 1 fully saturated rings. The minimum atomic E-state index is -0.359. The molecule has 1 aliphatic rings. The van der Waals surface area contributed by atoms with Gasteiger partial charge in [-0.2, -0.15) is 4.52 Å². The highest BCUT2D eigenvalue weighted by molar-refractivity contribution is 5.60. The first-order chi connectivity index (χ1) is 15.6. The Balaban J connectivity index is 1.36. The van der Waals surface area contributed by atoms with Crippen LogP contribution in [-0.4, -0.2) is 53.2 Å². The zero-order valence-electron chi connectivity index (χ0n) is 17.8. The van der Waals surface area contributed by atoms with Crippen LogP contribution in [0.3, 0.4) is 0 Å². The number of halogens is 1. The Morgan fingerprint density at radius 3 is 2.53 bits per heavy atom. The van der Waals surface area contributed by atoms with Crippen LogP contribution in [0.1, 0.15) is 6.42 Å². The Labute approximate surface area is 184 Å². The van der Waals surface area contributed by atoms with Crippen molar-refractivity contribution in [3.05, 3.63) is 60.4 Å². The van der Waals surface area contributed by atoms with Gasteiger partial charge in [-0.05, 0) is 30.7 Å². The number of hydrogen-bond donors (Lipinski definition) is 1. The molecular formula is C23H23FN6O2. The molecule has 1 N–H and O–H groups in total. The Bertz CT molecular complexity index is 1240. The first-order valence-electron chi connectivity index (χ1n) is 10.4. The van der Waals surface area contributed by atoms with Crippen LogP contribution < -0.4 is 19.7 Å². The van der Waals surface area contributed by atoms with Crippen LogP contribution >= 0.6 is 0 Å². The predicted octanol–water partition coefficient (Wildman–Crippen LogP) is 3.64. The van der Waals surface area contributed by atoms with Gasteiger partial charge in [0.2, 0.25) is 0 Å². The monoisotopic (exact) mass is 434 g/mol. The van der Waals surface area contributed by atoms with Crippen LogP contribution in [0.5, 0.6) is 11.5 Å². The molecule has 0 spiro atoms. The molecule has 1 atom stereocenters. The normalized spacial score (nSPS) is 15.8. The number of nitrogens with zero attached hydrogens (tertiary/aromatic N) is 5. The summed E-state index contributed by atoms with van der Waals surface area (Å²) in [7, 11) is 3.30. The molecule has 32 heavy (non-hydrogen) atoms. The van der Waals surface area contributed by atoms with E-state index in [0.717, 1.165) is 36.7 Å². The molecule has 1 aliphatic heterocycles. The lowest BCUT2D eigenvalue weighted by atomic mass is 10.2. The number of rotatable bonds is 6. The summed E-state index contributed by atoms with van der Waals surface area (Å²) in [6.07, 6.45) is 0.946. The first kappa shape index (κ1) is 20.0. The van der Waals surface area contributed by atoms with E-state index >= 15 is 0 Å². The van der Waals surface area contributed by atoms with Crippen LogP contribution in [0.2, 0.25) is 0 Å². The molecule has 3 heterocycles. The highest BCUT2D eigenvalue weighted by Crippen LogP contribution is 2.31. The van der Waals surface area contributed by atoms with Crippen molar-refractivity contribution in [1.82, 2.24) is 19.8 Å². The highest BCUT2D eigenvalue weighted by Gasteiger charge is 2.24. The SMILES string of the molecule is COc1cc(OC)cc(N2CCC(Nc3ccc4nnc(-c5ccccc5F)n4n3)C2)c1. The second-order valence-corrected chi connectivity index (χ2v) is 7.64. The van der Waals surface area contributed by atoms with E-state index in [9.17, 15) is 4.39 Å². The van der Waals surface area contributed by atoms with Gasteiger partial charge < -0.3 is 19.7 Å². The van der Waals surface area contributed by atoms with Gasteiger partial charge in [-0.15, -0.1) is 15.3 Å². The molecule has 9 heteroatoms. The van der Waals surface area contributed by atoms with Gasteiger partial charge >= 0.3 is 0 Å². The van der Waals surface area contributed by atoms with E-state index in [0.29, 0.717) is 22.9 Å². The average molecular weight is 434 g/mol. The second-order valence-electron chi connectivity index (χ2n) is 7.64. The Morgan fingerprint density at radius 2 is 1.78 bits per heavy atom. The average Bonchev–Trinajstić information content (AvgIpc) is 3.46. The number of methoxy groups -OCH3 is 2. The molecular weight excluding hydrogens is 411 g/mol. The van der Waals surface area contributed by atoms with Crippen molar-refractivity contribution in [3.8, 4) is 22.9 Å². The van der Waals surface area contributed by atoms with Crippen molar-refractivity contribution < 1.29 is 13.9 Å². The Kier molecular flexibility index (Phi) is 5.22. The number of aromatic nitrogens is 4. The van der Waals surface area contributed by atoms with Crippen LogP contribution in [0.4, 0.5) is 15.9 Å². The lowest BCUT2D eigenvalue weighted by Gasteiger charge is -2.20. The van der Waals surface area contributed by atoms with Crippen LogP contribution in [0.15, 0.2) is 54.6 Å². The standard InChI is InChI=1S/C23H23FN6O2/c1-31-17-11-16(12-18(13-17)32-2)29-10-9-15(14-29)25-21-7-8-22-26-27-23(30(22)28-21)19-5-3-4-6-20(19)24/h3-8,11-13,15H,9-10,14H2,1-2H3,(H,25,28). The fourth-order valence-electron chi connectivity index (χ4n) is 3.97. The molecule has 164 valence electrons. The van der Waals surface area contributed by atoms with Crippen molar-refractivity contribution in [3.63, 3.8) is 0 Å². The van der Waals surface area contributed by atoms with Crippen LogP contribution in [0.25, 0.3) is 17.0 Å². The third kappa shape index (κ3) is 3.77. The molecule has 8 nitrogen and oxygen atoms in total. The molecule has 4 aromatic rings. The van der Waals surface area contributed by atoms with E-state index in [1.807, 2.05) is 30.3 Å². The molecule has 0 aliphatic carbocycles. The first-order valence-corrected chi connectivity index (χ1v) is 10.4. The molecule has 5 rings (SSSR count). The van der Waals surface area contributed by atoms with Gasteiger partial charge in [0.25, 0.3) is 0 Å². The number of benzene rings is 2. The topological polar surface area (TPSA) is 76.8 Å². The predicted molar refractivity (Wildman–Crippen MR) is 120 cm³/mol. The zero-order chi connectivity index (χ0) is 22.1. The maximum absolute atomic E-state index is 14.3. The lowest BCUT2D eigenvalue weighted by molar-refractivity contribution is 0.394. The van der Waals surface area contributed by atoms with Gasteiger partial charge in [0.1, 0.15) is 23.1 Å². The summed E-state index contributed by atoms with van der Waals surface area (Å²) >= 11 is 0. The van der Waals surface area contributed by atoms with E-state index in [-0.39, 0.29) is 11.9 Å². The minimum Gasteiger partial charge on any atom is -0.497 e. The summed E-state index contributed by atoms with van der Waals surface area (Å²) < 4.78 is 26.6. The van der Waals surface area contributed by atoms with E-state index in [1.54, 1.807) is 36.9 Å². The summed E-state index contributed by atoms with van der Waals surface area (Å²) in [5, 5.41) is 16.4. The molecule has 1 saturated heterocycles. The summed E-state index contributed by atoms with van der Waals surface area (Å²) in [5.74, 6) is 2.22. The number of fused-ring (bicyclic) bond motifs is 1. The number of nitrogens with one attached hydrogen (secondary N) is 1. The molecule has 0 bridgehead atoms. The van der Waals surface area contributed by atoms with Crippen molar-refractivity contribution in [2.75, 3.05) is 37.5 Å². The highest BCUT2D eigenvalue weighted by atomic mass is 19.1. The van der Waals surface area contributed by atoms with E-state index in [4.69, 9.17) is 9.47 Å². The van der Waals surface area contributed by atoms with Gasteiger partial charge in [0.05, 0.1) is 19.8 Å². The van der Waals surface area contributed by atoms with Gasteiger partial charge in [-0.3, -0.25) is 0 Å². The van der Waals surface area contributed by atoms with E-state index < -0.39 is 0 Å². The summed E-state index contributed by atoms with van der Waals surface area (Å²) in [5.41, 5.74) is 1.98. The van der Waals surface area contributed by atoms with Crippen molar-refractivity contribution in [2.45, 2.75) is 12.5 Å². The van der Waals surface area contributed by atoms with Gasteiger partial charge in [0.15, 0.2) is 11.5 Å². The van der Waals surface area contributed by atoms with Gasteiger partial charge in [-0.1, -0.05) is 12.1 Å². The summed E-state index contributed by atoms with van der Waals surface area (Å²) in [6, 6.07) is 16.3. The van der Waals surface area contributed by atoms with E-state index in [1.165, 1.54) is 6.07 Å². The molecule has 0 saturated carbocycles. The maximum Gasteiger partial charge on any atom is 0.188 e. The molecule has 0 amide bonds. The second kappa shape index (κ2) is 8.33. The lowest BCUT2D eigenvalue weighted by Crippen LogP contribution is -2.26. The molecule has 2 aromatic carbocycles. The number of ether oxygens (including phenoxy) is 2. The molecule has 2 aromatic heterocycles. The quantitative estimate of drug-likeness (QED) is 0.497. The maximum atomic E-state index is 14.3. The fraction of sp³-hybridized carbons (Fsp3) is 0.261. The third-order valence-corrected chi connectivity index (χ3v) is 5.62. The largest absolute Gasteiger partial charge is 0.497 e. The Morgan fingerprint density at radius 1 is 1.00 bits per heavy atom. The van der Waals surface area contributed by atoms with Gasteiger partial charge in [-0.25, -0.2) is 4.39 Å². The minimum absolute atomic E-state index is 0.200. The number of anilines is 2. The van der Waals surface area contributed by atoms with E-state index in [2.05, 4.69) is 25.5 Å². The van der Waals surface area contributed by atoms with Crippen LogP contribution in [-0.2, 0) is 0 Å². The van der Waals surface area contributed by atoms with Crippen LogP contribution in [0, 0.1) is 5.82 Å². The summed E-state index contributed by atoms with van der Waals surface area (Å²) in [4.78, 5) is 2.28. The van der Waals surface area contributed by atoms with Crippen molar-refractivity contribution in [1.29, 1.82) is 0 Å². The smallest absolute Gasteiger partial charge is 0.188 e. The zero-order valence-corrected chi connectivity index (χ0v) is 17.8. The summed E-state index contributed by atoms with van der Waals surface area (Å²) in [6.45, 7) is 1.70. The van der Waals surface area contributed by atoms with Gasteiger partial charge in [0, 0.05) is 43.0 Å². The van der Waals surface area contributed by atoms with Crippen molar-refractivity contribution >= 4 is 17.2 Å². The van der Waals surface area contributed by atoms with Crippen molar-refractivity contribution in [2.24, 2.45) is 0 Å². The number of hydrogen-bond acceptors (Lipinski definition) is 7. The third-order valence-electron chi connectivity index (χ3n) is 5.62. The fourth-order valence-corrected chi connectivity index (χ4v) is 3.97.